The molecular weight excluding hydrogens is 522 g/mol. The van der Waals surface area contributed by atoms with Gasteiger partial charge >= 0.3 is 0 Å². The highest BCUT2D eigenvalue weighted by Crippen LogP contribution is 2.39. The summed E-state index contributed by atoms with van der Waals surface area (Å²) in [6, 6.07) is 15.9. The summed E-state index contributed by atoms with van der Waals surface area (Å²) in [6.07, 6.45) is 9.95. The van der Waals surface area contributed by atoms with E-state index in [4.69, 9.17) is 5.10 Å². The van der Waals surface area contributed by atoms with Crippen LogP contribution in [-0.2, 0) is 13.6 Å². The summed E-state index contributed by atoms with van der Waals surface area (Å²) in [6.45, 7) is 10.5. The van der Waals surface area contributed by atoms with Gasteiger partial charge in [-0.1, -0.05) is 6.07 Å². The number of anilines is 1. The van der Waals surface area contributed by atoms with E-state index in [0.717, 1.165) is 64.6 Å². The van der Waals surface area contributed by atoms with Gasteiger partial charge in [-0.25, -0.2) is 0 Å². The van der Waals surface area contributed by atoms with Gasteiger partial charge in [-0.15, -0.1) is 0 Å². The van der Waals surface area contributed by atoms with Crippen molar-refractivity contribution >= 4 is 11.6 Å². The molecule has 4 aromatic rings. The van der Waals surface area contributed by atoms with Gasteiger partial charge in [-0.2, -0.15) is 10.2 Å². The van der Waals surface area contributed by atoms with Crippen molar-refractivity contribution < 1.29 is 4.79 Å². The Kier molecular flexibility index (Phi) is 6.89. The zero-order valence-corrected chi connectivity index (χ0v) is 25.1. The molecule has 4 heterocycles. The van der Waals surface area contributed by atoms with Crippen molar-refractivity contribution in [3.63, 3.8) is 0 Å². The van der Waals surface area contributed by atoms with Crippen molar-refractivity contribution in [3.05, 3.63) is 77.7 Å². The molecule has 7 rings (SSSR count). The molecule has 8 nitrogen and oxygen atoms in total. The van der Waals surface area contributed by atoms with Crippen LogP contribution in [0.3, 0.4) is 0 Å². The Morgan fingerprint density at radius 1 is 1.05 bits per heavy atom. The largest absolute Gasteiger partial charge is 0.366 e. The van der Waals surface area contributed by atoms with Crippen molar-refractivity contribution in [2.24, 2.45) is 13.0 Å². The second-order valence-electron chi connectivity index (χ2n) is 12.6. The summed E-state index contributed by atoms with van der Waals surface area (Å²) in [4.78, 5) is 19.0. The second-order valence-corrected chi connectivity index (χ2v) is 12.6. The molecule has 2 aromatic heterocycles. The van der Waals surface area contributed by atoms with E-state index in [2.05, 4.69) is 70.5 Å². The van der Waals surface area contributed by atoms with Crippen molar-refractivity contribution in [3.8, 4) is 22.4 Å². The van der Waals surface area contributed by atoms with Gasteiger partial charge in [0.15, 0.2) is 0 Å². The maximum atomic E-state index is 13.7. The number of aromatic nitrogens is 4. The molecule has 0 unspecified atom stereocenters. The summed E-state index contributed by atoms with van der Waals surface area (Å²) in [5.74, 6) is 0.898. The number of likely N-dealkylation sites (tertiary alicyclic amines) is 1. The SMILES string of the molecule is CCn1ccc(-c2cc(-c3cnn(C)c3)cc([C@@H](C)NC(=O)c3cc(N4C[C@H]5C[C@@H]4CN5CC4CC4)ccc3C)c2)n1. The van der Waals surface area contributed by atoms with E-state index < -0.39 is 0 Å². The van der Waals surface area contributed by atoms with Crippen LogP contribution >= 0.6 is 0 Å². The first-order valence-corrected chi connectivity index (χ1v) is 15.4. The molecule has 3 atom stereocenters. The molecule has 3 fully saturated rings. The molecule has 0 spiro atoms. The third-order valence-electron chi connectivity index (χ3n) is 9.44. The number of benzene rings is 2. The minimum absolute atomic E-state index is 0.0369. The first kappa shape index (κ1) is 27.0. The normalized spacial score (nSPS) is 20.8. The summed E-state index contributed by atoms with van der Waals surface area (Å²) < 4.78 is 3.74. The Bertz CT molecular complexity index is 1620. The number of hydrogen-bond donors (Lipinski definition) is 1. The molecule has 3 aliphatic rings. The van der Waals surface area contributed by atoms with E-state index in [1.54, 1.807) is 0 Å². The van der Waals surface area contributed by atoms with Crippen LogP contribution in [0.15, 0.2) is 61.1 Å². The number of hydrogen-bond acceptors (Lipinski definition) is 5. The van der Waals surface area contributed by atoms with Gasteiger partial charge in [0.05, 0.1) is 17.9 Å². The third kappa shape index (κ3) is 5.24. The Hall–Kier alpha value is -3.91. The first-order chi connectivity index (χ1) is 20.3. The Morgan fingerprint density at radius 3 is 2.57 bits per heavy atom. The molecule has 8 heteroatoms. The molecule has 1 amide bonds. The summed E-state index contributed by atoms with van der Waals surface area (Å²) in [5.41, 5.74) is 7.99. The standard InChI is InChI=1S/C34H41N7O/c1-5-40-11-10-33(37-40)27-13-25(12-26(14-27)28-17-35-38(4)19-28)23(3)36-34(42)32-16-29(9-6-22(32)2)41-21-30-15-31(41)20-39(30)18-24-7-8-24/h6,9-14,16-17,19,23-24,30-31H,5,7-8,15,18,20-21H2,1-4H3,(H,36,42)/t23-,30-,31-/m1/s1. The number of rotatable bonds is 9. The van der Waals surface area contributed by atoms with Crippen molar-refractivity contribution in [1.29, 1.82) is 0 Å². The van der Waals surface area contributed by atoms with Gasteiger partial charge in [0.1, 0.15) is 0 Å². The predicted molar refractivity (Wildman–Crippen MR) is 166 cm³/mol. The second kappa shape index (κ2) is 10.7. The van der Waals surface area contributed by atoms with Crippen LogP contribution in [0.25, 0.3) is 22.4 Å². The molecule has 1 N–H and O–H groups in total. The van der Waals surface area contributed by atoms with Crippen LogP contribution in [0.1, 0.15) is 60.6 Å². The van der Waals surface area contributed by atoms with E-state index in [1.165, 1.54) is 31.5 Å². The minimum atomic E-state index is -0.192. The fraction of sp³-hybridized carbons (Fsp3) is 0.441. The van der Waals surface area contributed by atoms with Crippen LogP contribution in [0, 0.1) is 12.8 Å². The highest BCUT2D eigenvalue weighted by molar-refractivity contribution is 5.97. The molecule has 218 valence electrons. The lowest BCUT2D eigenvalue weighted by Gasteiger charge is -2.36. The van der Waals surface area contributed by atoms with Gasteiger partial charge in [-0.3, -0.25) is 19.1 Å². The molecule has 2 aliphatic heterocycles. The fourth-order valence-corrected chi connectivity index (χ4v) is 6.79. The monoisotopic (exact) mass is 563 g/mol. The topological polar surface area (TPSA) is 71.2 Å². The highest BCUT2D eigenvalue weighted by Gasteiger charge is 2.44. The Morgan fingerprint density at radius 2 is 1.88 bits per heavy atom. The Labute approximate surface area is 248 Å². The number of aryl methyl sites for hydroxylation is 3. The number of piperazine rings is 1. The third-order valence-corrected chi connectivity index (χ3v) is 9.44. The number of nitrogens with one attached hydrogen (secondary N) is 1. The average molecular weight is 564 g/mol. The lowest BCUT2D eigenvalue weighted by molar-refractivity contribution is 0.0939. The summed E-state index contributed by atoms with van der Waals surface area (Å²) in [5, 5.41) is 12.4. The van der Waals surface area contributed by atoms with Crippen LogP contribution in [0.4, 0.5) is 5.69 Å². The molecule has 2 bridgehead atoms. The lowest BCUT2D eigenvalue weighted by Crippen LogP contribution is -2.47. The van der Waals surface area contributed by atoms with Crippen LogP contribution in [-0.4, -0.2) is 62.1 Å². The average Bonchev–Trinajstić information content (AvgIpc) is 3.37. The van der Waals surface area contributed by atoms with E-state index in [-0.39, 0.29) is 11.9 Å². The predicted octanol–water partition coefficient (Wildman–Crippen LogP) is 5.44. The van der Waals surface area contributed by atoms with Crippen LogP contribution in [0.5, 0.6) is 0 Å². The number of carbonyl (C=O) groups is 1. The fourth-order valence-electron chi connectivity index (χ4n) is 6.79. The molecule has 1 saturated carbocycles. The summed E-state index contributed by atoms with van der Waals surface area (Å²) in [7, 11) is 1.92. The van der Waals surface area contributed by atoms with E-state index in [9.17, 15) is 4.79 Å². The van der Waals surface area contributed by atoms with Gasteiger partial charge in [-0.05, 0) is 99.0 Å². The maximum Gasteiger partial charge on any atom is 0.252 e. The summed E-state index contributed by atoms with van der Waals surface area (Å²) >= 11 is 0. The molecule has 1 aliphatic carbocycles. The van der Waals surface area contributed by atoms with Crippen molar-refractivity contribution in [2.75, 3.05) is 24.5 Å². The van der Waals surface area contributed by atoms with Gasteiger partial charge in [0.25, 0.3) is 5.91 Å². The Balaban J connectivity index is 1.12. The zero-order valence-electron chi connectivity index (χ0n) is 25.1. The van der Waals surface area contributed by atoms with Crippen LogP contribution < -0.4 is 10.2 Å². The molecule has 2 saturated heterocycles. The van der Waals surface area contributed by atoms with E-state index in [1.807, 2.05) is 48.0 Å². The molecular formula is C34H41N7O. The van der Waals surface area contributed by atoms with Gasteiger partial charge in [0, 0.05) is 80.1 Å². The highest BCUT2D eigenvalue weighted by atomic mass is 16.1. The van der Waals surface area contributed by atoms with Gasteiger partial charge in [0.2, 0.25) is 0 Å². The molecule has 0 radical (unpaired) electrons. The quantitative estimate of drug-likeness (QED) is 0.294. The number of nitrogens with zero attached hydrogens (tertiary/aromatic N) is 6. The molecule has 42 heavy (non-hydrogen) atoms. The molecule has 2 aromatic carbocycles. The van der Waals surface area contributed by atoms with Gasteiger partial charge < -0.3 is 10.2 Å². The number of carbonyl (C=O) groups excluding carboxylic acids is 1. The smallest absolute Gasteiger partial charge is 0.252 e. The zero-order chi connectivity index (χ0) is 29.0. The van der Waals surface area contributed by atoms with Crippen LogP contribution in [0.2, 0.25) is 0 Å². The minimum Gasteiger partial charge on any atom is -0.366 e. The van der Waals surface area contributed by atoms with Crippen molar-refractivity contribution in [1.82, 2.24) is 29.8 Å². The maximum absolute atomic E-state index is 13.7. The van der Waals surface area contributed by atoms with E-state index in [0.29, 0.717) is 12.1 Å². The lowest BCUT2D eigenvalue weighted by atomic mass is 9.96. The number of fused-ring (bicyclic) bond motifs is 2. The first-order valence-electron chi connectivity index (χ1n) is 15.4. The van der Waals surface area contributed by atoms with E-state index >= 15 is 0 Å². The van der Waals surface area contributed by atoms with Crippen molar-refractivity contribution in [2.45, 2.75) is 64.7 Å². The number of amides is 1.